The minimum absolute atomic E-state index is 0.129. The maximum atomic E-state index is 12.6. The SMILES string of the molecule is COc1ccc(C(=O)c2cccnc2C)c(OC)c1Br. The number of aryl methyl sites for hydroxylation is 1. The van der Waals surface area contributed by atoms with Gasteiger partial charge in [-0.2, -0.15) is 0 Å². The van der Waals surface area contributed by atoms with Crippen LogP contribution in [0.25, 0.3) is 0 Å². The van der Waals surface area contributed by atoms with E-state index in [0.29, 0.717) is 32.8 Å². The van der Waals surface area contributed by atoms with Crippen molar-refractivity contribution in [2.24, 2.45) is 0 Å². The van der Waals surface area contributed by atoms with Crippen molar-refractivity contribution in [3.8, 4) is 11.5 Å². The molecule has 0 saturated carbocycles. The van der Waals surface area contributed by atoms with Crippen molar-refractivity contribution >= 4 is 21.7 Å². The van der Waals surface area contributed by atoms with Crippen molar-refractivity contribution < 1.29 is 14.3 Å². The van der Waals surface area contributed by atoms with Crippen LogP contribution in [0.4, 0.5) is 0 Å². The first-order valence-corrected chi connectivity index (χ1v) is 6.76. The quantitative estimate of drug-likeness (QED) is 0.803. The number of aromatic nitrogens is 1. The summed E-state index contributed by atoms with van der Waals surface area (Å²) in [7, 11) is 3.08. The van der Waals surface area contributed by atoms with Crippen molar-refractivity contribution in [3.63, 3.8) is 0 Å². The maximum absolute atomic E-state index is 12.6. The molecule has 4 nitrogen and oxygen atoms in total. The third kappa shape index (κ3) is 2.54. The second-order valence-electron chi connectivity index (χ2n) is 4.13. The van der Waals surface area contributed by atoms with Gasteiger partial charge in [-0.15, -0.1) is 0 Å². The van der Waals surface area contributed by atoms with E-state index in [0.717, 1.165) is 0 Å². The lowest BCUT2D eigenvalue weighted by Gasteiger charge is -2.13. The molecule has 1 aromatic carbocycles. The molecule has 0 bridgehead atoms. The van der Waals surface area contributed by atoms with Crippen molar-refractivity contribution in [2.75, 3.05) is 14.2 Å². The number of hydrogen-bond acceptors (Lipinski definition) is 4. The van der Waals surface area contributed by atoms with Crippen molar-refractivity contribution in [1.82, 2.24) is 4.98 Å². The Morgan fingerprint density at radius 2 is 1.90 bits per heavy atom. The van der Waals surface area contributed by atoms with Gasteiger partial charge in [0.05, 0.1) is 19.8 Å². The molecule has 0 aliphatic heterocycles. The van der Waals surface area contributed by atoms with E-state index in [9.17, 15) is 4.79 Å². The van der Waals surface area contributed by atoms with Crippen LogP contribution in [0.1, 0.15) is 21.6 Å². The average molecular weight is 336 g/mol. The van der Waals surface area contributed by atoms with Gasteiger partial charge < -0.3 is 9.47 Å². The predicted octanol–water partition coefficient (Wildman–Crippen LogP) is 3.40. The molecule has 104 valence electrons. The summed E-state index contributed by atoms with van der Waals surface area (Å²) >= 11 is 3.39. The molecule has 0 N–H and O–H groups in total. The van der Waals surface area contributed by atoms with Gasteiger partial charge in [0.15, 0.2) is 5.78 Å². The number of hydrogen-bond donors (Lipinski definition) is 0. The zero-order valence-electron chi connectivity index (χ0n) is 11.4. The number of ketones is 1. The molecule has 5 heteroatoms. The van der Waals surface area contributed by atoms with E-state index >= 15 is 0 Å². The van der Waals surface area contributed by atoms with E-state index in [1.807, 2.05) is 0 Å². The summed E-state index contributed by atoms with van der Waals surface area (Å²) in [5, 5.41) is 0. The summed E-state index contributed by atoms with van der Waals surface area (Å²) in [6.07, 6.45) is 1.66. The van der Waals surface area contributed by atoms with Crippen LogP contribution in [-0.4, -0.2) is 25.0 Å². The average Bonchev–Trinajstić information content (AvgIpc) is 2.46. The lowest BCUT2D eigenvalue weighted by molar-refractivity contribution is 0.103. The first kappa shape index (κ1) is 14.5. The van der Waals surface area contributed by atoms with Crippen molar-refractivity contribution in [3.05, 3.63) is 51.8 Å². The van der Waals surface area contributed by atoms with E-state index in [1.54, 1.807) is 44.5 Å². The van der Waals surface area contributed by atoms with Gasteiger partial charge in [0.2, 0.25) is 0 Å². The summed E-state index contributed by atoms with van der Waals surface area (Å²) in [6.45, 7) is 1.80. The molecule has 0 radical (unpaired) electrons. The molecule has 2 aromatic rings. The number of methoxy groups -OCH3 is 2. The van der Waals surface area contributed by atoms with Crippen LogP contribution >= 0.6 is 15.9 Å². The Bertz CT molecular complexity index is 656. The lowest BCUT2D eigenvalue weighted by atomic mass is 10.0. The van der Waals surface area contributed by atoms with Crippen LogP contribution in [0.15, 0.2) is 34.9 Å². The van der Waals surface area contributed by atoms with Gasteiger partial charge in [-0.1, -0.05) is 0 Å². The number of carbonyl (C=O) groups excluding carboxylic acids is 1. The third-order valence-corrected chi connectivity index (χ3v) is 3.73. The molecule has 1 heterocycles. The number of benzene rings is 1. The lowest BCUT2D eigenvalue weighted by Crippen LogP contribution is -2.07. The third-order valence-electron chi connectivity index (χ3n) is 2.98. The van der Waals surface area contributed by atoms with Gasteiger partial charge in [-0.05, 0) is 47.1 Å². The molecule has 0 spiro atoms. The molecule has 0 fully saturated rings. The Labute approximate surface area is 125 Å². The van der Waals surface area contributed by atoms with Crippen LogP contribution in [0.5, 0.6) is 11.5 Å². The Hall–Kier alpha value is -1.88. The fraction of sp³-hybridized carbons (Fsp3) is 0.200. The molecule has 2 rings (SSSR count). The van der Waals surface area contributed by atoms with Gasteiger partial charge in [0.1, 0.15) is 16.0 Å². The fourth-order valence-corrected chi connectivity index (χ4v) is 2.61. The smallest absolute Gasteiger partial charge is 0.198 e. The van der Waals surface area contributed by atoms with Gasteiger partial charge in [-0.3, -0.25) is 9.78 Å². The number of nitrogens with zero attached hydrogens (tertiary/aromatic N) is 1. The molecule has 0 atom stereocenters. The van der Waals surface area contributed by atoms with Crippen molar-refractivity contribution in [1.29, 1.82) is 0 Å². The largest absolute Gasteiger partial charge is 0.495 e. The summed E-state index contributed by atoms with van der Waals surface area (Å²) in [4.78, 5) is 16.8. The summed E-state index contributed by atoms with van der Waals surface area (Å²) in [6, 6.07) is 6.91. The highest BCUT2D eigenvalue weighted by Gasteiger charge is 2.20. The minimum Gasteiger partial charge on any atom is -0.495 e. The number of rotatable bonds is 4. The van der Waals surface area contributed by atoms with Gasteiger partial charge in [0.25, 0.3) is 0 Å². The van der Waals surface area contributed by atoms with Crippen molar-refractivity contribution in [2.45, 2.75) is 6.92 Å². The normalized spacial score (nSPS) is 10.2. The van der Waals surface area contributed by atoms with E-state index in [2.05, 4.69) is 20.9 Å². The minimum atomic E-state index is -0.129. The topological polar surface area (TPSA) is 48.4 Å². The molecular weight excluding hydrogens is 322 g/mol. The monoisotopic (exact) mass is 335 g/mol. The summed E-state index contributed by atoms with van der Waals surface area (Å²) in [5.74, 6) is 0.940. The van der Waals surface area contributed by atoms with Crippen LogP contribution in [0.2, 0.25) is 0 Å². The fourth-order valence-electron chi connectivity index (χ4n) is 1.94. The van der Waals surface area contributed by atoms with Crippen LogP contribution in [0.3, 0.4) is 0 Å². The molecule has 0 saturated heterocycles. The maximum Gasteiger partial charge on any atom is 0.198 e. The molecular formula is C15H14BrNO3. The first-order chi connectivity index (χ1) is 9.60. The summed E-state index contributed by atoms with van der Waals surface area (Å²) in [5.41, 5.74) is 1.71. The molecule has 20 heavy (non-hydrogen) atoms. The Morgan fingerprint density at radius 3 is 2.50 bits per heavy atom. The van der Waals surface area contributed by atoms with Crippen LogP contribution in [-0.2, 0) is 0 Å². The molecule has 1 aromatic heterocycles. The van der Waals surface area contributed by atoms with Crippen LogP contribution in [0, 0.1) is 6.92 Å². The van der Waals surface area contributed by atoms with E-state index in [1.165, 1.54) is 7.11 Å². The van der Waals surface area contributed by atoms with Crippen LogP contribution < -0.4 is 9.47 Å². The number of ether oxygens (including phenoxy) is 2. The molecule has 0 unspecified atom stereocenters. The van der Waals surface area contributed by atoms with Gasteiger partial charge in [-0.25, -0.2) is 0 Å². The number of halogens is 1. The second-order valence-corrected chi connectivity index (χ2v) is 4.92. The highest BCUT2D eigenvalue weighted by Crippen LogP contribution is 2.38. The zero-order valence-corrected chi connectivity index (χ0v) is 13.0. The Kier molecular flexibility index (Phi) is 4.39. The number of pyridine rings is 1. The second kappa shape index (κ2) is 6.05. The van der Waals surface area contributed by atoms with E-state index < -0.39 is 0 Å². The molecule has 0 aliphatic rings. The Balaban J connectivity index is 2.56. The predicted molar refractivity (Wildman–Crippen MR) is 79.7 cm³/mol. The molecule has 0 amide bonds. The Morgan fingerprint density at radius 1 is 1.15 bits per heavy atom. The van der Waals surface area contributed by atoms with Gasteiger partial charge in [0, 0.05) is 17.5 Å². The molecule has 0 aliphatic carbocycles. The van der Waals surface area contributed by atoms with Gasteiger partial charge >= 0.3 is 0 Å². The summed E-state index contributed by atoms with van der Waals surface area (Å²) < 4.78 is 11.2. The standard InChI is InChI=1S/C15H14BrNO3/c1-9-10(5-4-8-17-9)14(18)11-6-7-12(19-2)13(16)15(11)20-3/h4-8H,1-3H3. The first-order valence-electron chi connectivity index (χ1n) is 5.97. The number of carbonyl (C=O) groups is 1. The highest BCUT2D eigenvalue weighted by atomic mass is 79.9. The van der Waals surface area contributed by atoms with E-state index in [-0.39, 0.29) is 5.78 Å². The highest BCUT2D eigenvalue weighted by molar-refractivity contribution is 9.10. The van der Waals surface area contributed by atoms with E-state index in [4.69, 9.17) is 9.47 Å². The zero-order chi connectivity index (χ0) is 14.7.